The summed E-state index contributed by atoms with van der Waals surface area (Å²) >= 11 is 1.21. The number of anilines is 2. The lowest BCUT2D eigenvalue weighted by Gasteiger charge is -2.12. The lowest BCUT2D eigenvalue weighted by molar-refractivity contribution is -0.114. The van der Waals surface area contributed by atoms with Crippen molar-refractivity contribution in [2.75, 3.05) is 16.4 Å². The van der Waals surface area contributed by atoms with Gasteiger partial charge in [0, 0.05) is 44.5 Å². The predicted molar refractivity (Wildman–Crippen MR) is 170 cm³/mol. The highest BCUT2D eigenvalue weighted by Crippen LogP contribution is 2.25. The van der Waals surface area contributed by atoms with Crippen molar-refractivity contribution in [3.05, 3.63) is 126 Å². The topological polar surface area (TPSA) is 161 Å². The summed E-state index contributed by atoms with van der Waals surface area (Å²) in [6.45, 7) is 0. The first-order chi connectivity index (χ1) is 21.3. The number of hydrogen-bond donors (Lipinski definition) is 6. The molecule has 0 aliphatic heterocycles. The second-order valence-corrected chi connectivity index (χ2v) is 10.6. The number of phenols is 1. The maximum atomic E-state index is 13.5. The summed E-state index contributed by atoms with van der Waals surface area (Å²) in [5.41, 5.74) is 2.40. The number of aromatic hydroxyl groups is 1. The van der Waals surface area contributed by atoms with Crippen LogP contribution < -0.4 is 16.0 Å². The van der Waals surface area contributed by atoms with Crippen molar-refractivity contribution < 1.29 is 29.4 Å². The first kappa shape index (κ1) is 29.7. The molecule has 5 rings (SSSR count). The van der Waals surface area contributed by atoms with Crippen molar-refractivity contribution in [2.24, 2.45) is 0 Å². The Morgan fingerprint density at radius 3 is 2.36 bits per heavy atom. The van der Waals surface area contributed by atoms with Crippen LogP contribution in [-0.2, 0) is 9.59 Å². The van der Waals surface area contributed by atoms with Gasteiger partial charge in [-0.05, 0) is 60.7 Å². The Morgan fingerprint density at radius 1 is 0.818 bits per heavy atom. The highest BCUT2D eigenvalue weighted by molar-refractivity contribution is 8.00. The first-order valence-electron chi connectivity index (χ1n) is 13.3. The van der Waals surface area contributed by atoms with Gasteiger partial charge in [-0.25, -0.2) is 4.79 Å². The van der Waals surface area contributed by atoms with Gasteiger partial charge in [0.25, 0.3) is 11.8 Å². The van der Waals surface area contributed by atoms with E-state index in [0.29, 0.717) is 16.1 Å². The third-order valence-electron chi connectivity index (χ3n) is 6.42. The molecule has 0 saturated carbocycles. The molecule has 0 spiro atoms. The van der Waals surface area contributed by atoms with Gasteiger partial charge in [0.05, 0.1) is 5.75 Å². The molecule has 10 nitrogen and oxygen atoms in total. The van der Waals surface area contributed by atoms with E-state index in [4.69, 9.17) is 5.11 Å². The predicted octanol–water partition coefficient (Wildman–Crippen LogP) is 5.71. The Kier molecular flexibility index (Phi) is 9.07. The molecule has 0 aliphatic carbocycles. The lowest BCUT2D eigenvalue weighted by atomic mass is 10.1. The van der Waals surface area contributed by atoms with E-state index < -0.39 is 23.5 Å². The molecule has 1 heterocycles. The zero-order valence-corrected chi connectivity index (χ0v) is 23.9. The minimum Gasteiger partial charge on any atom is -0.507 e. The molecule has 0 bridgehead atoms. The summed E-state index contributed by atoms with van der Waals surface area (Å²) in [7, 11) is 0. The Hall–Kier alpha value is -5.81. The van der Waals surface area contributed by atoms with Crippen LogP contribution in [0.15, 0.2) is 114 Å². The third kappa shape index (κ3) is 7.33. The molecule has 0 fully saturated rings. The van der Waals surface area contributed by atoms with Gasteiger partial charge >= 0.3 is 5.97 Å². The number of nitrogens with one attached hydrogen (secondary N) is 4. The highest BCUT2D eigenvalue weighted by Gasteiger charge is 2.17. The monoisotopic (exact) mass is 606 g/mol. The second-order valence-electron chi connectivity index (χ2n) is 9.52. The molecule has 44 heavy (non-hydrogen) atoms. The number of aromatic nitrogens is 1. The molecule has 4 aromatic carbocycles. The number of fused-ring (bicyclic) bond motifs is 1. The van der Waals surface area contributed by atoms with Crippen LogP contribution in [0.4, 0.5) is 11.4 Å². The van der Waals surface area contributed by atoms with E-state index in [9.17, 15) is 24.3 Å². The van der Waals surface area contributed by atoms with Crippen LogP contribution in [-0.4, -0.2) is 44.6 Å². The molecule has 0 unspecified atom stereocenters. The third-order valence-corrected chi connectivity index (χ3v) is 7.42. The van der Waals surface area contributed by atoms with Gasteiger partial charge < -0.3 is 31.1 Å². The molecule has 5 aromatic rings. The Morgan fingerprint density at radius 2 is 1.57 bits per heavy atom. The minimum atomic E-state index is -1.31. The number of para-hydroxylation sites is 1. The van der Waals surface area contributed by atoms with Crippen LogP contribution in [0.3, 0.4) is 0 Å². The smallest absolute Gasteiger partial charge is 0.339 e. The number of carbonyl (C=O) groups excluding carboxylic acids is 3. The van der Waals surface area contributed by atoms with Crippen LogP contribution in [0.2, 0.25) is 0 Å². The molecule has 0 radical (unpaired) electrons. The zero-order valence-electron chi connectivity index (χ0n) is 23.0. The van der Waals surface area contributed by atoms with Gasteiger partial charge in [-0.2, -0.15) is 0 Å². The van der Waals surface area contributed by atoms with E-state index in [0.717, 1.165) is 16.5 Å². The highest BCUT2D eigenvalue weighted by atomic mass is 32.2. The Balaban J connectivity index is 1.29. The van der Waals surface area contributed by atoms with Crippen LogP contribution in [0.25, 0.3) is 17.0 Å². The van der Waals surface area contributed by atoms with Crippen LogP contribution >= 0.6 is 11.8 Å². The fourth-order valence-electron chi connectivity index (χ4n) is 4.30. The normalized spacial score (nSPS) is 11.1. The number of benzene rings is 4. The summed E-state index contributed by atoms with van der Waals surface area (Å²) < 4.78 is 0. The molecule has 220 valence electrons. The number of hydrogen-bond acceptors (Lipinski definition) is 6. The number of thioether (sulfide) groups is 1. The van der Waals surface area contributed by atoms with Gasteiger partial charge in [-0.3, -0.25) is 14.4 Å². The molecule has 0 atom stereocenters. The molecule has 11 heteroatoms. The number of H-pyrrole nitrogens is 1. The SMILES string of the molecule is O=C(CSc1cccc(NC(=O)/C(=C/c2c[nH]c3ccccc23)NC(=O)c2ccccc2)c1)Nc1ccc(O)c(C(=O)O)c1. The van der Waals surface area contributed by atoms with Crippen molar-refractivity contribution >= 4 is 63.8 Å². The lowest BCUT2D eigenvalue weighted by Crippen LogP contribution is -2.30. The summed E-state index contributed by atoms with van der Waals surface area (Å²) in [6.07, 6.45) is 3.37. The minimum absolute atomic E-state index is 0.000466. The fraction of sp³-hybridized carbons (Fsp3) is 0.0303. The maximum absolute atomic E-state index is 13.5. The number of aromatic amines is 1. The van der Waals surface area contributed by atoms with Crippen molar-refractivity contribution in [3.8, 4) is 5.75 Å². The van der Waals surface area contributed by atoms with Gasteiger partial charge in [0.1, 0.15) is 17.0 Å². The fourth-order valence-corrected chi connectivity index (χ4v) is 5.06. The molecule has 3 amide bonds. The Bertz CT molecular complexity index is 1900. The molecular formula is C33H26N4O6S. The van der Waals surface area contributed by atoms with Gasteiger partial charge in [-0.15, -0.1) is 11.8 Å². The molecule has 0 aliphatic rings. The Labute approximate surface area is 255 Å². The van der Waals surface area contributed by atoms with Gasteiger partial charge in [0.2, 0.25) is 5.91 Å². The number of carbonyl (C=O) groups is 4. The van der Waals surface area contributed by atoms with E-state index >= 15 is 0 Å². The maximum Gasteiger partial charge on any atom is 0.339 e. The number of carboxylic acids is 1. The molecule has 6 N–H and O–H groups in total. The van der Waals surface area contributed by atoms with Gasteiger partial charge in [0.15, 0.2) is 0 Å². The summed E-state index contributed by atoms with van der Waals surface area (Å²) in [6, 6.07) is 26.8. The number of rotatable bonds is 10. The quantitative estimate of drug-likeness (QED) is 0.0674. The van der Waals surface area contributed by atoms with E-state index in [-0.39, 0.29) is 28.6 Å². The molecule has 1 aromatic heterocycles. The molecular weight excluding hydrogens is 580 g/mol. The number of amides is 3. The zero-order chi connectivity index (χ0) is 31.1. The van der Waals surface area contributed by atoms with Gasteiger partial charge in [-0.1, -0.05) is 42.5 Å². The second kappa shape index (κ2) is 13.4. The van der Waals surface area contributed by atoms with Crippen molar-refractivity contribution in [1.82, 2.24) is 10.3 Å². The van der Waals surface area contributed by atoms with E-state index in [2.05, 4.69) is 20.9 Å². The van der Waals surface area contributed by atoms with Crippen LogP contribution in [0.1, 0.15) is 26.3 Å². The summed E-state index contributed by atoms with van der Waals surface area (Å²) in [5.74, 6) is -3.08. The number of aromatic carboxylic acids is 1. The summed E-state index contributed by atoms with van der Waals surface area (Å²) in [5, 5.41) is 27.9. The molecule has 0 saturated heterocycles. The average molecular weight is 607 g/mol. The van der Waals surface area contributed by atoms with Crippen molar-refractivity contribution in [1.29, 1.82) is 0 Å². The standard InChI is InChI=1S/C33H26N4O6S/c38-29-14-13-23(17-26(29)33(42)43)35-30(39)19-44-24-10-6-9-22(16-24)36-32(41)28(37-31(40)20-7-2-1-3-8-20)15-21-18-34-27-12-5-4-11-25(21)27/h1-18,34,38H,19H2,(H,35,39)(H,36,41)(H,37,40)(H,42,43)/b28-15-. The van der Waals surface area contributed by atoms with Crippen LogP contribution in [0, 0.1) is 0 Å². The van der Waals surface area contributed by atoms with E-state index in [1.54, 1.807) is 66.9 Å². The van der Waals surface area contributed by atoms with Crippen LogP contribution in [0.5, 0.6) is 5.75 Å². The van der Waals surface area contributed by atoms with E-state index in [1.165, 1.54) is 30.0 Å². The average Bonchev–Trinajstić information content (AvgIpc) is 3.43. The van der Waals surface area contributed by atoms with Crippen molar-refractivity contribution in [2.45, 2.75) is 4.90 Å². The summed E-state index contributed by atoms with van der Waals surface area (Å²) in [4.78, 5) is 54.1. The number of carboxylic acid groups (broad SMARTS) is 1. The van der Waals surface area contributed by atoms with Crippen molar-refractivity contribution in [3.63, 3.8) is 0 Å². The van der Waals surface area contributed by atoms with E-state index in [1.807, 2.05) is 24.3 Å². The first-order valence-corrected chi connectivity index (χ1v) is 14.3. The largest absolute Gasteiger partial charge is 0.507 e.